The molecule has 4 saturated carbocycles. The van der Waals surface area contributed by atoms with Crippen molar-refractivity contribution in [3.63, 3.8) is 0 Å². The molecule has 3 nitrogen and oxygen atoms in total. The Labute approximate surface area is 97.1 Å². The average Bonchev–Trinajstić information content (AvgIpc) is 2.09. The molecule has 4 aliphatic rings. The van der Waals surface area contributed by atoms with Crippen LogP contribution in [0.15, 0.2) is 0 Å². The molecule has 17 heavy (non-hydrogen) atoms. The van der Waals surface area contributed by atoms with Crippen LogP contribution in [0, 0.1) is 17.3 Å². The molecule has 0 saturated heterocycles. The highest BCUT2D eigenvalue weighted by Gasteiger charge is 2.95. The highest BCUT2D eigenvalue weighted by molar-refractivity contribution is 5.78. The maximum absolute atomic E-state index is 12.9. The quantitative estimate of drug-likeness (QED) is 0.748. The summed E-state index contributed by atoms with van der Waals surface area (Å²) in [6.45, 7) is 0.559. The SMILES string of the molecule is CC(F)(F)C(=O)OC12CC3CC4(O)CC(C1)C342. The average molecular weight is 244 g/mol. The Morgan fingerprint density at radius 1 is 1.29 bits per heavy atom. The van der Waals surface area contributed by atoms with Crippen LogP contribution >= 0.6 is 0 Å². The monoisotopic (exact) mass is 244 g/mol. The Balaban J connectivity index is 1.59. The standard InChI is InChI=1S/C12H14F2O3/c1-9(13,14)8(15)17-11-4-6-2-10(16)3-7(5-11)12(6,10)11/h6-7,16H,2-5H2,1H3. The second-order valence-corrected chi connectivity index (χ2v) is 6.38. The lowest BCUT2D eigenvalue weighted by atomic mass is 9.15. The van der Waals surface area contributed by atoms with Crippen molar-refractivity contribution in [3.05, 3.63) is 0 Å². The van der Waals surface area contributed by atoms with E-state index >= 15 is 0 Å². The van der Waals surface area contributed by atoms with Crippen LogP contribution in [0.1, 0.15) is 32.6 Å². The zero-order chi connectivity index (χ0) is 12.3. The van der Waals surface area contributed by atoms with Gasteiger partial charge in [-0.15, -0.1) is 0 Å². The molecule has 0 bridgehead atoms. The van der Waals surface area contributed by atoms with Crippen LogP contribution in [0.3, 0.4) is 0 Å². The van der Waals surface area contributed by atoms with E-state index < -0.39 is 23.1 Å². The lowest BCUT2D eigenvalue weighted by Gasteiger charge is -2.92. The van der Waals surface area contributed by atoms with Crippen molar-refractivity contribution >= 4 is 5.97 Å². The Bertz CT molecular complexity index is 424. The summed E-state index contributed by atoms with van der Waals surface area (Å²) in [5.41, 5.74) is -1.81. The van der Waals surface area contributed by atoms with Crippen molar-refractivity contribution < 1.29 is 23.4 Å². The summed E-state index contributed by atoms with van der Waals surface area (Å²) < 4.78 is 30.8. The molecule has 94 valence electrons. The van der Waals surface area contributed by atoms with Gasteiger partial charge in [-0.25, -0.2) is 4.79 Å². The van der Waals surface area contributed by atoms with Crippen molar-refractivity contribution in [3.8, 4) is 0 Å². The van der Waals surface area contributed by atoms with Gasteiger partial charge in [-0.05, 0) is 37.5 Å². The number of halogens is 2. The third kappa shape index (κ3) is 0.743. The van der Waals surface area contributed by atoms with E-state index in [2.05, 4.69) is 0 Å². The van der Waals surface area contributed by atoms with Gasteiger partial charge in [0.15, 0.2) is 0 Å². The number of aliphatic hydroxyl groups is 1. The highest BCUT2D eigenvalue weighted by atomic mass is 19.3. The van der Waals surface area contributed by atoms with E-state index in [0.717, 1.165) is 12.8 Å². The van der Waals surface area contributed by atoms with Crippen LogP contribution in [-0.4, -0.2) is 28.2 Å². The van der Waals surface area contributed by atoms with Crippen LogP contribution in [-0.2, 0) is 9.53 Å². The molecule has 0 aromatic heterocycles. The highest BCUT2D eigenvalue weighted by Crippen LogP contribution is 2.91. The van der Waals surface area contributed by atoms with Crippen LogP contribution < -0.4 is 0 Å². The molecular weight excluding hydrogens is 230 g/mol. The van der Waals surface area contributed by atoms with Crippen molar-refractivity contribution in [1.29, 1.82) is 0 Å². The van der Waals surface area contributed by atoms with Gasteiger partial charge in [-0.3, -0.25) is 0 Å². The fourth-order valence-corrected chi connectivity index (χ4v) is 5.41. The molecule has 0 amide bonds. The van der Waals surface area contributed by atoms with Crippen molar-refractivity contribution in [2.75, 3.05) is 0 Å². The predicted octanol–water partition coefficient (Wildman–Crippen LogP) is 1.49. The molecule has 0 radical (unpaired) electrons. The minimum absolute atomic E-state index is 0.332. The van der Waals surface area contributed by atoms with E-state index in [1.54, 1.807) is 0 Å². The number of hydrogen-bond acceptors (Lipinski definition) is 3. The molecule has 0 aliphatic heterocycles. The summed E-state index contributed by atoms with van der Waals surface area (Å²) in [5.74, 6) is -4.10. The summed E-state index contributed by atoms with van der Waals surface area (Å²) in [6.07, 6.45) is 2.83. The molecule has 1 spiro atoms. The van der Waals surface area contributed by atoms with E-state index in [0.29, 0.717) is 31.6 Å². The van der Waals surface area contributed by atoms with Gasteiger partial charge in [0.1, 0.15) is 5.60 Å². The fourth-order valence-electron chi connectivity index (χ4n) is 5.41. The van der Waals surface area contributed by atoms with Gasteiger partial charge in [0, 0.05) is 12.3 Å². The summed E-state index contributed by atoms with van der Waals surface area (Å²) in [5, 5.41) is 10.3. The summed E-state index contributed by atoms with van der Waals surface area (Å²) in [7, 11) is 0. The first kappa shape index (κ1) is 10.2. The minimum atomic E-state index is -3.44. The molecular formula is C12H14F2O3. The number of carbonyl (C=O) groups is 1. The lowest BCUT2D eigenvalue weighted by molar-refractivity contribution is -0.502. The van der Waals surface area contributed by atoms with Gasteiger partial charge < -0.3 is 9.84 Å². The zero-order valence-electron chi connectivity index (χ0n) is 9.50. The van der Waals surface area contributed by atoms with Gasteiger partial charge >= 0.3 is 11.9 Å². The third-order valence-electron chi connectivity index (χ3n) is 5.78. The van der Waals surface area contributed by atoms with Crippen molar-refractivity contribution in [2.24, 2.45) is 17.3 Å². The number of hydrogen-bond donors (Lipinski definition) is 1. The summed E-state index contributed by atoms with van der Waals surface area (Å²) in [4.78, 5) is 11.3. The fraction of sp³-hybridized carbons (Fsp3) is 0.917. The topological polar surface area (TPSA) is 46.5 Å². The predicted molar refractivity (Wildman–Crippen MR) is 52.3 cm³/mol. The van der Waals surface area contributed by atoms with Crippen LogP contribution in [0.25, 0.3) is 0 Å². The number of alkyl halides is 2. The van der Waals surface area contributed by atoms with Crippen LogP contribution in [0.2, 0.25) is 0 Å². The summed E-state index contributed by atoms with van der Waals surface area (Å²) >= 11 is 0. The molecule has 0 aromatic rings. The Morgan fingerprint density at radius 3 is 2.18 bits per heavy atom. The van der Waals surface area contributed by atoms with Gasteiger partial charge in [0.25, 0.3) is 0 Å². The molecule has 0 heterocycles. The minimum Gasteiger partial charge on any atom is -0.454 e. The van der Waals surface area contributed by atoms with Crippen LogP contribution in [0.5, 0.6) is 0 Å². The Hall–Kier alpha value is -0.710. The second-order valence-electron chi connectivity index (χ2n) is 6.38. The first-order valence-corrected chi connectivity index (χ1v) is 6.09. The Kier molecular flexibility index (Phi) is 1.35. The van der Waals surface area contributed by atoms with E-state index in [4.69, 9.17) is 4.74 Å². The molecule has 4 rings (SSSR count). The first-order chi connectivity index (χ1) is 7.75. The third-order valence-corrected chi connectivity index (χ3v) is 5.78. The van der Waals surface area contributed by atoms with E-state index in [-0.39, 0.29) is 5.41 Å². The normalized spacial score (nSPS) is 57.4. The molecule has 5 heteroatoms. The molecule has 0 aromatic carbocycles. The largest absolute Gasteiger partial charge is 0.454 e. The summed E-state index contributed by atoms with van der Waals surface area (Å²) in [6, 6.07) is 0. The van der Waals surface area contributed by atoms with Crippen LogP contribution in [0.4, 0.5) is 8.78 Å². The lowest BCUT2D eigenvalue weighted by Crippen LogP contribution is -2.97. The number of esters is 1. The van der Waals surface area contributed by atoms with Gasteiger partial charge in [0.05, 0.1) is 5.60 Å². The maximum Gasteiger partial charge on any atom is 0.377 e. The smallest absolute Gasteiger partial charge is 0.377 e. The van der Waals surface area contributed by atoms with Gasteiger partial charge in [0.2, 0.25) is 0 Å². The van der Waals surface area contributed by atoms with E-state index in [1.807, 2.05) is 0 Å². The molecule has 1 N–H and O–H groups in total. The second kappa shape index (κ2) is 2.25. The van der Waals surface area contributed by atoms with Gasteiger partial charge in [-0.1, -0.05) is 0 Å². The Morgan fingerprint density at radius 2 is 1.82 bits per heavy atom. The maximum atomic E-state index is 12.9. The number of ether oxygens (including phenoxy) is 1. The van der Waals surface area contributed by atoms with Gasteiger partial charge in [-0.2, -0.15) is 8.78 Å². The molecule has 4 fully saturated rings. The number of carbonyl (C=O) groups excluding carboxylic acids is 1. The first-order valence-electron chi connectivity index (χ1n) is 6.09. The molecule has 4 aliphatic carbocycles. The van der Waals surface area contributed by atoms with E-state index in [9.17, 15) is 18.7 Å². The van der Waals surface area contributed by atoms with Crippen molar-refractivity contribution in [1.82, 2.24) is 0 Å². The molecule has 2 unspecified atom stereocenters. The van der Waals surface area contributed by atoms with Crippen molar-refractivity contribution in [2.45, 2.75) is 49.7 Å². The number of rotatable bonds is 2. The molecule has 2 atom stereocenters. The van der Waals surface area contributed by atoms with E-state index in [1.165, 1.54) is 0 Å². The zero-order valence-corrected chi connectivity index (χ0v) is 9.50.